The first-order chi connectivity index (χ1) is 7.31. The van der Waals surface area contributed by atoms with Crippen LogP contribution in [0.4, 0.5) is 0 Å². The van der Waals surface area contributed by atoms with Crippen molar-refractivity contribution in [2.45, 2.75) is 31.6 Å². The third-order valence-corrected chi connectivity index (χ3v) is 2.57. The second-order valence-corrected chi connectivity index (χ2v) is 3.66. The Hall–Kier alpha value is -1.13. The van der Waals surface area contributed by atoms with E-state index in [4.69, 9.17) is 15.2 Å². The van der Waals surface area contributed by atoms with E-state index in [2.05, 4.69) is 4.98 Å². The maximum Gasteiger partial charge on any atom is 0.138 e. The van der Waals surface area contributed by atoms with Crippen molar-refractivity contribution in [3.63, 3.8) is 0 Å². The zero-order valence-electron chi connectivity index (χ0n) is 8.80. The fourth-order valence-electron chi connectivity index (χ4n) is 1.75. The molecule has 1 aliphatic rings. The van der Waals surface area contributed by atoms with Gasteiger partial charge in [0.15, 0.2) is 0 Å². The van der Waals surface area contributed by atoms with E-state index in [0.29, 0.717) is 6.61 Å². The zero-order chi connectivity index (χ0) is 10.7. The van der Waals surface area contributed by atoms with E-state index in [1.807, 2.05) is 19.1 Å². The number of nitrogens with zero attached hydrogens (tertiary/aromatic N) is 1. The van der Waals surface area contributed by atoms with Gasteiger partial charge in [-0.15, -0.1) is 0 Å². The van der Waals surface area contributed by atoms with Crippen molar-refractivity contribution in [2.75, 3.05) is 6.61 Å². The number of pyridine rings is 1. The number of hydrogen-bond donors (Lipinski definition) is 1. The molecule has 0 aromatic carbocycles. The molecule has 0 spiro atoms. The first-order valence-electron chi connectivity index (χ1n) is 5.25. The van der Waals surface area contributed by atoms with E-state index in [0.717, 1.165) is 12.2 Å². The molecule has 0 saturated heterocycles. The Bertz CT molecular complexity index is 305. The molecule has 3 unspecified atom stereocenters. The molecule has 0 aliphatic heterocycles. The highest BCUT2D eigenvalue weighted by Crippen LogP contribution is 2.27. The van der Waals surface area contributed by atoms with E-state index < -0.39 is 0 Å². The van der Waals surface area contributed by atoms with Crippen molar-refractivity contribution < 1.29 is 9.47 Å². The Morgan fingerprint density at radius 1 is 1.60 bits per heavy atom. The number of hydrogen-bond acceptors (Lipinski definition) is 4. The number of aromatic nitrogens is 1. The third kappa shape index (κ3) is 2.27. The van der Waals surface area contributed by atoms with E-state index in [9.17, 15) is 0 Å². The lowest BCUT2D eigenvalue weighted by Gasteiger charge is -2.41. The molecule has 1 aliphatic carbocycles. The lowest BCUT2D eigenvalue weighted by Crippen LogP contribution is -2.59. The summed E-state index contributed by atoms with van der Waals surface area (Å²) in [5.74, 6) is 0.777. The average molecular weight is 208 g/mol. The molecule has 1 saturated carbocycles. The molecule has 3 atom stereocenters. The maximum absolute atomic E-state index is 5.83. The van der Waals surface area contributed by atoms with E-state index in [1.165, 1.54) is 0 Å². The van der Waals surface area contributed by atoms with Crippen molar-refractivity contribution in [3.8, 4) is 5.75 Å². The van der Waals surface area contributed by atoms with Crippen molar-refractivity contribution in [3.05, 3.63) is 24.5 Å². The average Bonchev–Trinajstić information content (AvgIpc) is 2.27. The molecule has 1 aromatic rings. The molecular formula is C11H16N2O2. The summed E-state index contributed by atoms with van der Waals surface area (Å²) in [5, 5.41) is 0. The Kier molecular flexibility index (Phi) is 3.18. The Morgan fingerprint density at radius 2 is 2.47 bits per heavy atom. The van der Waals surface area contributed by atoms with Crippen molar-refractivity contribution in [1.82, 2.24) is 4.98 Å². The molecule has 4 heteroatoms. The number of nitrogens with two attached hydrogens (primary N) is 1. The van der Waals surface area contributed by atoms with Gasteiger partial charge in [0.05, 0.1) is 6.20 Å². The minimum absolute atomic E-state index is 0.0233. The standard InChI is InChI=1S/C11H16N2O2/c1-2-14-11-9(12)6-10(11)15-8-4-3-5-13-7-8/h3-5,7,9-11H,2,6,12H2,1H3. The van der Waals surface area contributed by atoms with Gasteiger partial charge in [-0.2, -0.15) is 0 Å². The second-order valence-electron chi connectivity index (χ2n) is 3.66. The van der Waals surface area contributed by atoms with Crippen LogP contribution in [0.25, 0.3) is 0 Å². The highest BCUT2D eigenvalue weighted by molar-refractivity contribution is 5.17. The van der Waals surface area contributed by atoms with Crippen molar-refractivity contribution in [2.24, 2.45) is 5.73 Å². The monoisotopic (exact) mass is 208 g/mol. The molecule has 1 aromatic heterocycles. The molecular weight excluding hydrogens is 192 g/mol. The molecule has 0 amide bonds. The first kappa shape index (κ1) is 10.4. The maximum atomic E-state index is 5.83. The lowest BCUT2D eigenvalue weighted by atomic mass is 9.86. The van der Waals surface area contributed by atoms with Gasteiger partial charge in [-0.05, 0) is 19.1 Å². The third-order valence-electron chi connectivity index (χ3n) is 2.57. The highest BCUT2D eigenvalue weighted by atomic mass is 16.5. The molecule has 0 radical (unpaired) electrons. The summed E-state index contributed by atoms with van der Waals surface area (Å²) in [4.78, 5) is 3.99. The quantitative estimate of drug-likeness (QED) is 0.800. The van der Waals surface area contributed by atoms with Crippen LogP contribution in [0, 0.1) is 0 Å². The number of ether oxygens (including phenoxy) is 2. The van der Waals surface area contributed by atoms with Crippen LogP contribution in [-0.4, -0.2) is 29.8 Å². The summed E-state index contributed by atoms with van der Waals surface area (Å²) >= 11 is 0. The van der Waals surface area contributed by atoms with E-state index in [-0.39, 0.29) is 18.2 Å². The van der Waals surface area contributed by atoms with Crippen LogP contribution in [0.5, 0.6) is 5.75 Å². The second kappa shape index (κ2) is 4.59. The van der Waals surface area contributed by atoms with Crippen LogP contribution in [-0.2, 0) is 4.74 Å². The van der Waals surface area contributed by atoms with Crippen LogP contribution >= 0.6 is 0 Å². The normalized spacial score (nSPS) is 29.6. The van der Waals surface area contributed by atoms with Gasteiger partial charge in [0, 0.05) is 25.3 Å². The fourth-order valence-corrected chi connectivity index (χ4v) is 1.75. The summed E-state index contributed by atoms with van der Waals surface area (Å²) < 4.78 is 11.2. The Labute approximate surface area is 89.4 Å². The van der Waals surface area contributed by atoms with Gasteiger partial charge in [0.2, 0.25) is 0 Å². The lowest BCUT2D eigenvalue weighted by molar-refractivity contribution is -0.0946. The molecule has 2 N–H and O–H groups in total. The topological polar surface area (TPSA) is 57.4 Å². The van der Waals surface area contributed by atoms with Gasteiger partial charge >= 0.3 is 0 Å². The fraction of sp³-hybridized carbons (Fsp3) is 0.545. The SMILES string of the molecule is CCOC1C(N)CC1Oc1cccnc1. The predicted molar refractivity (Wildman–Crippen MR) is 56.7 cm³/mol. The van der Waals surface area contributed by atoms with E-state index >= 15 is 0 Å². The van der Waals surface area contributed by atoms with Crippen molar-refractivity contribution >= 4 is 0 Å². The molecule has 15 heavy (non-hydrogen) atoms. The summed E-state index contributed by atoms with van der Waals surface area (Å²) in [7, 11) is 0. The summed E-state index contributed by atoms with van der Waals surface area (Å²) in [6.45, 7) is 2.64. The van der Waals surface area contributed by atoms with Gasteiger partial charge in [0.1, 0.15) is 18.0 Å². The van der Waals surface area contributed by atoms with E-state index in [1.54, 1.807) is 12.4 Å². The molecule has 4 nitrogen and oxygen atoms in total. The molecule has 1 heterocycles. The van der Waals surface area contributed by atoms with Crippen LogP contribution in [0.2, 0.25) is 0 Å². The molecule has 82 valence electrons. The van der Waals surface area contributed by atoms with Gasteiger partial charge in [0.25, 0.3) is 0 Å². The zero-order valence-corrected chi connectivity index (χ0v) is 8.80. The first-order valence-corrected chi connectivity index (χ1v) is 5.25. The van der Waals surface area contributed by atoms with Crippen LogP contribution in [0.1, 0.15) is 13.3 Å². The van der Waals surface area contributed by atoms with Gasteiger partial charge < -0.3 is 15.2 Å². The minimum atomic E-state index is 0.0233. The van der Waals surface area contributed by atoms with Crippen LogP contribution in [0.3, 0.4) is 0 Å². The van der Waals surface area contributed by atoms with Gasteiger partial charge in [-0.25, -0.2) is 0 Å². The minimum Gasteiger partial charge on any atom is -0.486 e. The summed E-state index contributed by atoms with van der Waals surface area (Å²) in [6, 6.07) is 3.84. The van der Waals surface area contributed by atoms with Crippen LogP contribution in [0.15, 0.2) is 24.5 Å². The van der Waals surface area contributed by atoms with Crippen LogP contribution < -0.4 is 10.5 Å². The molecule has 2 rings (SSSR count). The van der Waals surface area contributed by atoms with Gasteiger partial charge in [-0.1, -0.05) is 0 Å². The summed E-state index contributed by atoms with van der Waals surface area (Å²) in [6.07, 6.45) is 4.37. The largest absolute Gasteiger partial charge is 0.486 e. The Morgan fingerprint density at radius 3 is 3.07 bits per heavy atom. The van der Waals surface area contributed by atoms with Crippen molar-refractivity contribution in [1.29, 1.82) is 0 Å². The smallest absolute Gasteiger partial charge is 0.138 e. The summed E-state index contributed by atoms with van der Waals surface area (Å²) in [5.41, 5.74) is 5.83. The number of rotatable bonds is 4. The Balaban J connectivity index is 1.91. The molecule has 1 fully saturated rings. The highest BCUT2D eigenvalue weighted by Gasteiger charge is 2.41. The predicted octanol–water partition coefficient (Wildman–Crippen LogP) is 0.965. The molecule has 0 bridgehead atoms. The van der Waals surface area contributed by atoms with Gasteiger partial charge in [-0.3, -0.25) is 4.98 Å².